The van der Waals surface area contributed by atoms with Crippen LogP contribution in [0.2, 0.25) is 0 Å². The summed E-state index contributed by atoms with van der Waals surface area (Å²) in [5.74, 6) is -0.0863. The first-order valence-corrected chi connectivity index (χ1v) is 7.50. The molecule has 0 bridgehead atoms. The Morgan fingerprint density at radius 1 is 1.35 bits per heavy atom. The number of nitrogens with zero attached hydrogens (tertiary/aromatic N) is 2. The average molecular weight is 279 g/mol. The Morgan fingerprint density at radius 3 is 2.85 bits per heavy atom. The first-order chi connectivity index (χ1) is 9.60. The predicted molar refractivity (Wildman–Crippen MR) is 81.1 cm³/mol. The summed E-state index contributed by atoms with van der Waals surface area (Å²) in [5.41, 5.74) is 1.97. The zero-order valence-electron chi connectivity index (χ0n) is 12.8. The van der Waals surface area contributed by atoms with Crippen LogP contribution in [0.1, 0.15) is 25.0 Å². The van der Waals surface area contributed by atoms with Crippen molar-refractivity contribution in [3.05, 3.63) is 35.1 Å². The van der Waals surface area contributed by atoms with E-state index >= 15 is 0 Å². The zero-order chi connectivity index (χ0) is 14.5. The molecule has 1 aliphatic rings. The van der Waals surface area contributed by atoms with E-state index in [1.54, 1.807) is 6.07 Å². The van der Waals surface area contributed by atoms with Crippen LogP contribution in [0.5, 0.6) is 0 Å². The van der Waals surface area contributed by atoms with Gasteiger partial charge in [0, 0.05) is 44.3 Å². The second-order valence-electron chi connectivity index (χ2n) is 5.77. The summed E-state index contributed by atoms with van der Waals surface area (Å²) in [4.78, 5) is 4.70. The highest BCUT2D eigenvalue weighted by molar-refractivity contribution is 5.25. The number of piperazine rings is 1. The second-order valence-corrected chi connectivity index (χ2v) is 5.77. The van der Waals surface area contributed by atoms with Crippen molar-refractivity contribution in [3.63, 3.8) is 0 Å². The van der Waals surface area contributed by atoms with Crippen molar-refractivity contribution in [1.29, 1.82) is 0 Å². The van der Waals surface area contributed by atoms with Crippen molar-refractivity contribution >= 4 is 0 Å². The molecule has 1 aliphatic heterocycles. The van der Waals surface area contributed by atoms with Crippen molar-refractivity contribution in [2.45, 2.75) is 33.0 Å². The number of nitrogens with one attached hydrogen (secondary N) is 1. The first kappa shape index (κ1) is 15.4. The topological polar surface area (TPSA) is 18.5 Å². The van der Waals surface area contributed by atoms with Gasteiger partial charge in [0.15, 0.2) is 0 Å². The Balaban J connectivity index is 2.01. The van der Waals surface area contributed by atoms with Crippen LogP contribution < -0.4 is 5.32 Å². The summed E-state index contributed by atoms with van der Waals surface area (Å²) in [6.45, 7) is 9.83. The average Bonchev–Trinajstić information content (AvgIpc) is 2.44. The van der Waals surface area contributed by atoms with Crippen LogP contribution in [-0.2, 0) is 13.1 Å². The van der Waals surface area contributed by atoms with Crippen LogP contribution in [-0.4, -0.2) is 49.1 Å². The van der Waals surface area contributed by atoms with Crippen LogP contribution in [0.15, 0.2) is 18.2 Å². The van der Waals surface area contributed by atoms with Gasteiger partial charge in [-0.15, -0.1) is 0 Å². The van der Waals surface area contributed by atoms with E-state index in [-0.39, 0.29) is 5.82 Å². The van der Waals surface area contributed by atoms with Crippen LogP contribution in [0, 0.1) is 5.82 Å². The van der Waals surface area contributed by atoms with Gasteiger partial charge in [-0.05, 0) is 32.1 Å². The van der Waals surface area contributed by atoms with Gasteiger partial charge in [-0.1, -0.05) is 19.1 Å². The van der Waals surface area contributed by atoms with Crippen molar-refractivity contribution in [1.82, 2.24) is 15.1 Å². The lowest BCUT2D eigenvalue weighted by molar-refractivity contribution is 0.0991. The van der Waals surface area contributed by atoms with Crippen LogP contribution in [0.4, 0.5) is 4.39 Å². The van der Waals surface area contributed by atoms with Crippen LogP contribution in [0.3, 0.4) is 0 Å². The molecule has 112 valence electrons. The molecule has 0 aliphatic carbocycles. The summed E-state index contributed by atoms with van der Waals surface area (Å²) in [7, 11) is 2.15. The Morgan fingerprint density at radius 2 is 2.15 bits per heavy atom. The van der Waals surface area contributed by atoms with E-state index in [2.05, 4.69) is 36.0 Å². The normalized spacial score (nSPS) is 21.3. The summed E-state index contributed by atoms with van der Waals surface area (Å²) in [6, 6.07) is 6.01. The molecule has 0 saturated carbocycles. The van der Waals surface area contributed by atoms with Gasteiger partial charge in [0.1, 0.15) is 5.82 Å². The zero-order valence-corrected chi connectivity index (χ0v) is 12.8. The molecule has 1 unspecified atom stereocenters. The maximum absolute atomic E-state index is 14.0. The highest BCUT2D eigenvalue weighted by atomic mass is 19.1. The standard InChI is InChI=1S/C16H26FN3/c1-4-18-10-14-5-6-16(17)15(9-14)12-20-8-7-19(3)13(2)11-20/h5-6,9,13,18H,4,7-8,10-12H2,1-3H3. The molecule has 2 rings (SSSR count). The molecule has 1 aromatic carbocycles. The van der Waals surface area contributed by atoms with Gasteiger partial charge in [-0.3, -0.25) is 4.90 Å². The largest absolute Gasteiger partial charge is 0.313 e. The van der Waals surface area contributed by atoms with E-state index < -0.39 is 0 Å². The number of hydrogen-bond acceptors (Lipinski definition) is 3. The maximum atomic E-state index is 14.0. The van der Waals surface area contributed by atoms with Crippen molar-refractivity contribution < 1.29 is 4.39 Å². The number of rotatable bonds is 5. The summed E-state index contributed by atoms with van der Waals surface area (Å²) < 4.78 is 14.0. The highest BCUT2D eigenvalue weighted by Gasteiger charge is 2.21. The molecule has 1 saturated heterocycles. The molecule has 0 radical (unpaired) electrons. The summed E-state index contributed by atoms with van der Waals surface area (Å²) in [6.07, 6.45) is 0. The van der Waals surface area contributed by atoms with Gasteiger partial charge < -0.3 is 10.2 Å². The second kappa shape index (κ2) is 7.16. The third kappa shape index (κ3) is 4.01. The lowest BCUT2D eigenvalue weighted by Gasteiger charge is -2.37. The number of likely N-dealkylation sites (N-methyl/N-ethyl adjacent to an activating group) is 1. The Labute approximate surface area is 121 Å². The minimum atomic E-state index is -0.0863. The quantitative estimate of drug-likeness (QED) is 0.890. The first-order valence-electron chi connectivity index (χ1n) is 7.50. The van der Waals surface area contributed by atoms with Crippen molar-refractivity contribution in [2.75, 3.05) is 33.2 Å². The summed E-state index contributed by atoms with van der Waals surface area (Å²) in [5, 5.41) is 3.28. The maximum Gasteiger partial charge on any atom is 0.127 e. The molecule has 1 aromatic rings. The minimum absolute atomic E-state index is 0.0863. The molecular weight excluding hydrogens is 253 g/mol. The van der Waals surface area contributed by atoms with Gasteiger partial charge in [0.05, 0.1) is 0 Å². The molecule has 1 N–H and O–H groups in total. The third-order valence-corrected chi connectivity index (χ3v) is 4.13. The van der Waals surface area contributed by atoms with E-state index in [9.17, 15) is 4.39 Å². The van der Waals surface area contributed by atoms with Crippen LogP contribution in [0.25, 0.3) is 0 Å². The van der Waals surface area contributed by atoms with E-state index in [1.807, 2.05) is 12.1 Å². The number of halogens is 1. The van der Waals surface area contributed by atoms with Crippen LogP contribution >= 0.6 is 0 Å². The fraction of sp³-hybridized carbons (Fsp3) is 0.625. The molecule has 20 heavy (non-hydrogen) atoms. The highest BCUT2D eigenvalue weighted by Crippen LogP contribution is 2.16. The lowest BCUT2D eigenvalue weighted by atomic mass is 10.1. The molecule has 3 nitrogen and oxygen atoms in total. The molecule has 0 amide bonds. The molecule has 1 fully saturated rings. The molecule has 1 heterocycles. The molecular formula is C16H26FN3. The Bertz CT molecular complexity index is 436. The molecule has 0 spiro atoms. The van der Waals surface area contributed by atoms with Gasteiger partial charge in [0.2, 0.25) is 0 Å². The molecule has 1 atom stereocenters. The molecule has 0 aromatic heterocycles. The van der Waals surface area contributed by atoms with Gasteiger partial charge >= 0.3 is 0 Å². The van der Waals surface area contributed by atoms with E-state index in [0.717, 1.165) is 43.9 Å². The smallest absolute Gasteiger partial charge is 0.127 e. The minimum Gasteiger partial charge on any atom is -0.313 e. The van der Waals surface area contributed by atoms with Gasteiger partial charge in [0.25, 0.3) is 0 Å². The Hall–Kier alpha value is -0.970. The fourth-order valence-corrected chi connectivity index (χ4v) is 2.64. The number of hydrogen-bond donors (Lipinski definition) is 1. The van der Waals surface area contributed by atoms with Crippen molar-refractivity contribution in [3.8, 4) is 0 Å². The lowest BCUT2D eigenvalue weighted by Crippen LogP contribution is -2.49. The van der Waals surface area contributed by atoms with Crippen molar-refractivity contribution in [2.24, 2.45) is 0 Å². The predicted octanol–water partition coefficient (Wildman–Crippen LogP) is 2.07. The SMILES string of the molecule is CCNCc1ccc(F)c(CN2CCN(C)C(C)C2)c1. The fourth-order valence-electron chi connectivity index (χ4n) is 2.64. The summed E-state index contributed by atoms with van der Waals surface area (Å²) >= 11 is 0. The van der Waals surface area contributed by atoms with E-state index in [4.69, 9.17) is 0 Å². The molecule has 4 heteroatoms. The van der Waals surface area contributed by atoms with Gasteiger partial charge in [-0.2, -0.15) is 0 Å². The van der Waals surface area contributed by atoms with E-state index in [1.165, 1.54) is 0 Å². The van der Waals surface area contributed by atoms with Gasteiger partial charge in [-0.25, -0.2) is 4.39 Å². The number of benzene rings is 1. The Kier molecular flexibility index (Phi) is 5.52. The third-order valence-electron chi connectivity index (χ3n) is 4.13. The van der Waals surface area contributed by atoms with E-state index in [0.29, 0.717) is 12.6 Å². The monoisotopic (exact) mass is 279 g/mol.